The molecule has 3 aliphatic rings. The van der Waals surface area contributed by atoms with E-state index in [9.17, 15) is 0 Å². The van der Waals surface area contributed by atoms with Crippen molar-refractivity contribution in [1.29, 1.82) is 0 Å². The third-order valence-corrected chi connectivity index (χ3v) is 3.70. The Labute approximate surface area is 113 Å². The largest absolute Gasteiger partial charge is 0.347 e. The Balaban J connectivity index is 0.000000141. The lowest BCUT2D eigenvalue weighted by Crippen LogP contribution is -2.42. The molecule has 0 radical (unpaired) electrons. The molecule has 3 saturated heterocycles. The highest BCUT2D eigenvalue weighted by Crippen LogP contribution is 2.28. The molecule has 3 aliphatic heterocycles. The molecule has 1 spiro atoms. The lowest BCUT2D eigenvalue weighted by molar-refractivity contribution is -0.172. The fourth-order valence-electron chi connectivity index (χ4n) is 2.59. The maximum absolute atomic E-state index is 8.06. The minimum Gasteiger partial charge on any atom is -0.347 e. The molecule has 19 heavy (non-hydrogen) atoms. The van der Waals surface area contributed by atoms with E-state index in [-0.39, 0.29) is 11.8 Å². The molecule has 0 aromatic rings. The summed E-state index contributed by atoms with van der Waals surface area (Å²) in [7, 11) is 0. The van der Waals surface area contributed by atoms with E-state index in [4.69, 9.17) is 15.0 Å². The lowest BCUT2D eigenvalue weighted by atomic mass is 10.1. The van der Waals surface area contributed by atoms with E-state index < -0.39 is 0 Å². The molecular weight excluding hydrogens is 246 g/mol. The maximum atomic E-state index is 8.06. The summed E-state index contributed by atoms with van der Waals surface area (Å²) >= 11 is 0. The summed E-state index contributed by atoms with van der Waals surface area (Å²) in [5, 5.41) is 10.1. The van der Waals surface area contributed by atoms with Crippen LogP contribution >= 0.6 is 0 Å². The maximum Gasteiger partial charge on any atom is 0.170 e. The van der Waals surface area contributed by atoms with Gasteiger partial charge in [-0.05, 0) is 31.5 Å². The van der Waals surface area contributed by atoms with Crippen LogP contribution in [-0.4, -0.2) is 51.2 Å². The van der Waals surface area contributed by atoms with Crippen LogP contribution < -0.4 is 10.6 Å². The van der Waals surface area contributed by atoms with Gasteiger partial charge in [0.2, 0.25) is 0 Å². The topological polar surface area (TPSA) is 91.3 Å². The molecule has 3 fully saturated rings. The van der Waals surface area contributed by atoms with Gasteiger partial charge in [-0.25, -0.2) is 0 Å². The van der Waals surface area contributed by atoms with E-state index in [0.717, 1.165) is 65.1 Å². The Morgan fingerprint density at radius 1 is 1.00 bits per heavy atom. The highest BCUT2D eigenvalue weighted by molar-refractivity contribution is 4.80. The Kier molecular flexibility index (Phi) is 5.88. The van der Waals surface area contributed by atoms with Gasteiger partial charge in [0.05, 0.1) is 13.2 Å². The minimum absolute atomic E-state index is 0.189. The molecule has 3 heterocycles. The quantitative estimate of drug-likeness (QED) is 0.424. The Morgan fingerprint density at radius 2 is 1.58 bits per heavy atom. The first kappa shape index (κ1) is 14.6. The second-order valence-electron chi connectivity index (χ2n) is 5.04. The monoisotopic (exact) mass is 269 g/mol. The lowest BCUT2D eigenvalue weighted by Gasteiger charge is -2.31. The SMILES string of the molecule is C1CC2(CCN1)OCCO2.[N-]=[N+]=NC1CCNCC1. The fourth-order valence-corrected chi connectivity index (χ4v) is 2.59. The van der Waals surface area contributed by atoms with Gasteiger partial charge in [-0.3, -0.25) is 0 Å². The summed E-state index contributed by atoms with van der Waals surface area (Å²) in [5.74, 6) is -0.189. The van der Waals surface area contributed by atoms with Crippen LogP contribution in [0, 0.1) is 0 Å². The first-order valence-corrected chi connectivity index (χ1v) is 7.08. The van der Waals surface area contributed by atoms with E-state index in [0.29, 0.717) is 0 Å². The zero-order chi connectivity index (χ0) is 13.4. The Hall–Kier alpha value is -0.850. The Bertz CT molecular complexity index is 299. The van der Waals surface area contributed by atoms with Gasteiger partial charge in [-0.1, -0.05) is 5.11 Å². The molecule has 0 bridgehead atoms. The average molecular weight is 269 g/mol. The highest BCUT2D eigenvalue weighted by Gasteiger charge is 2.37. The van der Waals surface area contributed by atoms with Crippen molar-refractivity contribution in [3.8, 4) is 0 Å². The predicted octanol–water partition coefficient (Wildman–Crippen LogP) is 1.16. The van der Waals surface area contributed by atoms with E-state index in [1.54, 1.807) is 0 Å². The number of nitrogens with zero attached hydrogens (tertiary/aromatic N) is 3. The summed E-state index contributed by atoms with van der Waals surface area (Å²) in [4.78, 5) is 2.76. The first-order valence-electron chi connectivity index (χ1n) is 7.08. The van der Waals surface area contributed by atoms with Crippen molar-refractivity contribution < 1.29 is 9.47 Å². The van der Waals surface area contributed by atoms with Crippen LogP contribution in [0.25, 0.3) is 10.4 Å². The number of piperidine rings is 2. The zero-order valence-corrected chi connectivity index (χ0v) is 11.3. The zero-order valence-electron chi connectivity index (χ0n) is 11.3. The number of hydrogen-bond donors (Lipinski definition) is 2. The van der Waals surface area contributed by atoms with Crippen molar-refractivity contribution in [3.05, 3.63) is 10.4 Å². The van der Waals surface area contributed by atoms with Crippen molar-refractivity contribution in [2.45, 2.75) is 37.5 Å². The molecule has 2 N–H and O–H groups in total. The molecule has 3 rings (SSSR count). The van der Waals surface area contributed by atoms with Crippen molar-refractivity contribution >= 4 is 0 Å². The number of azide groups is 1. The van der Waals surface area contributed by atoms with Crippen LogP contribution in [0.3, 0.4) is 0 Å². The fraction of sp³-hybridized carbons (Fsp3) is 1.00. The number of rotatable bonds is 1. The molecule has 0 aromatic heterocycles. The van der Waals surface area contributed by atoms with Crippen LogP contribution in [0.4, 0.5) is 0 Å². The van der Waals surface area contributed by atoms with Gasteiger partial charge in [0.25, 0.3) is 0 Å². The van der Waals surface area contributed by atoms with Gasteiger partial charge >= 0.3 is 0 Å². The van der Waals surface area contributed by atoms with Crippen LogP contribution in [0.1, 0.15) is 25.7 Å². The average Bonchev–Trinajstić information content (AvgIpc) is 2.90. The molecular formula is C12H23N5O2. The summed E-state index contributed by atoms with van der Waals surface area (Å²) < 4.78 is 11.0. The van der Waals surface area contributed by atoms with E-state index >= 15 is 0 Å². The minimum atomic E-state index is -0.189. The van der Waals surface area contributed by atoms with E-state index in [1.807, 2.05) is 0 Å². The number of hydrogen-bond acceptors (Lipinski definition) is 5. The van der Waals surface area contributed by atoms with Gasteiger partial charge in [-0.2, -0.15) is 0 Å². The smallest absolute Gasteiger partial charge is 0.170 e. The van der Waals surface area contributed by atoms with Gasteiger partial charge < -0.3 is 20.1 Å². The molecule has 7 nitrogen and oxygen atoms in total. The number of nitrogens with one attached hydrogen (secondary N) is 2. The second-order valence-corrected chi connectivity index (χ2v) is 5.04. The van der Waals surface area contributed by atoms with Gasteiger partial charge in [-0.15, -0.1) is 0 Å². The van der Waals surface area contributed by atoms with Crippen molar-refractivity contribution in [3.63, 3.8) is 0 Å². The molecule has 0 aromatic carbocycles. The highest BCUT2D eigenvalue weighted by atomic mass is 16.7. The van der Waals surface area contributed by atoms with Gasteiger partial charge in [0.1, 0.15) is 0 Å². The molecule has 108 valence electrons. The molecule has 7 heteroatoms. The van der Waals surface area contributed by atoms with Crippen LogP contribution in [0.5, 0.6) is 0 Å². The van der Waals surface area contributed by atoms with E-state index in [1.165, 1.54) is 0 Å². The van der Waals surface area contributed by atoms with Crippen molar-refractivity contribution in [2.75, 3.05) is 39.4 Å². The normalized spacial score (nSPS) is 26.3. The third-order valence-electron chi connectivity index (χ3n) is 3.70. The van der Waals surface area contributed by atoms with E-state index in [2.05, 4.69) is 20.7 Å². The molecule has 0 unspecified atom stereocenters. The molecule has 0 amide bonds. The summed E-state index contributed by atoms with van der Waals surface area (Å²) in [6.07, 6.45) is 3.99. The van der Waals surface area contributed by atoms with Gasteiger partial charge in [0.15, 0.2) is 5.79 Å². The Morgan fingerprint density at radius 3 is 2.16 bits per heavy atom. The van der Waals surface area contributed by atoms with Crippen LogP contribution in [0.2, 0.25) is 0 Å². The summed E-state index contributed by atoms with van der Waals surface area (Å²) in [6, 6.07) is 0.247. The molecule has 0 atom stereocenters. The van der Waals surface area contributed by atoms with Crippen LogP contribution in [0.15, 0.2) is 5.11 Å². The van der Waals surface area contributed by atoms with Gasteiger partial charge in [0, 0.05) is 36.9 Å². The predicted molar refractivity (Wildman–Crippen MR) is 71.8 cm³/mol. The summed E-state index contributed by atoms with van der Waals surface area (Å²) in [6.45, 7) is 5.59. The second kappa shape index (κ2) is 7.67. The third kappa shape index (κ3) is 4.63. The van der Waals surface area contributed by atoms with Crippen molar-refractivity contribution in [1.82, 2.24) is 10.6 Å². The number of ether oxygens (including phenoxy) is 2. The molecule has 0 aliphatic carbocycles. The first-order chi connectivity index (χ1) is 9.35. The standard InChI is InChI=1S/C7H13NO2.C5H10N4/c1-3-8-4-2-7(1)9-5-6-10-7;6-9-8-5-1-3-7-4-2-5/h8H,1-6H2;5,7H,1-4H2. The summed E-state index contributed by atoms with van der Waals surface area (Å²) in [5.41, 5.74) is 8.06. The van der Waals surface area contributed by atoms with Crippen molar-refractivity contribution in [2.24, 2.45) is 5.11 Å². The molecule has 0 saturated carbocycles. The van der Waals surface area contributed by atoms with Crippen LogP contribution in [-0.2, 0) is 9.47 Å².